The van der Waals surface area contributed by atoms with Crippen LogP contribution in [-0.4, -0.2) is 94.8 Å². The van der Waals surface area contributed by atoms with Crippen molar-refractivity contribution < 1.29 is 53.8 Å². The summed E-state index contributed by atoms with van der Waals surface area (Å²) in [7, 11) is 0. The molecule has 0 amide bonds. The maximum absolute atomic E-state index is 12.8. The van der Waals surface area contributed by atoms with E-state index in [9.17, 15) is 34.8 Å². The number of allylic oxidation sites excluding steroid dienone is 10. The molecule has 54 heavy (non-hydrogen) atoms. The summed E-state index contributed by atoms with van der Waals surface area (Å²) < 4.78 is 22.1. The van der Waals surface area contributed by atoms with Crippen LogP contribution in [0.5, 0.6) is 0 Å². The van der Waals surface area contributed by atoms with Crippen molar-refractivity contribution in [1.82, 2.24) is 0 Å². The van der Waals surface area contributed by atoms with E-state index in [-0.39, 0.29) is 43.7 Å². The molecule has 1 aliphatic heterocycles. The van der Waals surface area contributed by atoms with Crippen molar-refractivity contribution in [2.75, 3.05) is 19.8 Å². The van der Waals surface area contributed by atoms with Gasteiger partial charge >= 0.3 is 11.9 Å². The molecule has 0 radical (unpaired) electrons. The Balaban J connectivity index is 1.74. The second-order valence-electron chi connectivity index (χ2n) is 14.2. The van der Waals surface area contributed by atoms with Gasteiger partial charge in [0.25, 0.3) is 0 Å². The van der Waals surface area contributed by atoms with Crippen molar-refractivity contribution >= 4 is 17.7 Å². The van der Waals surface area contributed by atoms with E-state index in [4.69, 9.17) is 18.9 Å². The highest BCUT2D eigenvalue weighted by atomic mass is 16.7. The fourth-order valence-corrected chi connectivity index (χ4v) is 6.43. The molecule has 306 valence electrons. The number of carbonyl (C=O) groups excluding carboxylic acids is 3. The zero-order valence-electron chi connectivity index (χ0n) is 32.7. The molecule has 4 N–H and O–H groups in total. The molecule has 1 saturated heterocycles. The molecule has 1 heterocycles. The van der Waals surface area contributed by atoms with Crippen LogP contribution in [0.15, 0.2) is 60.8 Å². The number of hydrogen-bond acceptors (Lipinski definition) is 11. The first-order chi connectivity index (χ1) is 26.2. The monoisotopic (exact) mass is 760 g/mol. The number of unbranched alkanes of at least 4 members (excludes halogenated alkanes) is 7. The third kappa shape index (κ3) is 19.6. The van der Waals surface area contributed by atoms with E-state index in [0.717, 1.165) is 83.5 Å². The molecule has 0 aromatic heterocycles. The fraction of sp³-hybridized carbons (Fsp3) is 0.698. The molecular weight excluding hydrogens is 692 g/mol. The van der Waals surface area contributed by atoms with Crippen LogP contribution >= 0.6 is 0 Å². The minimum Gasteiger partial charge on any atom is -0.462 e. The zero-order chi connectivity index (χ0) is 39.4. The molecule has 1 fully saturated rings. The highest BCUT2D eigenvalue weighted by Gasteiger charge is 2.44. The molecule has 0 bridgehead atoms. The maximum atomic E-state index is 12.8. The van der Waals surface area contributed by atoms with Gasteiger partial charge in [0.05, 0.1) is 13.2 Å². The summed E-state index contributed by atoms with van der Waals surface area (Å²) in [4.78, 5) is 37.6. The van der Waals surface area contributed by atoms with Crippen molar-refractivity contribution in [3.63, 3.8) is 0 Å². The molecular formula is C43H68O11. The SMILES string of the molecule is CC/C=C\C/C=C\C/C=C\CCCCCCCC(=O)OC[C@H](CO[C@@H]1O[C@H](CO)[C@H](O)[C@H](O)[C@H]1O)OC(=O)CCCCC[C@H]1C=CC(=O)[C@H]1C/C=C\CC. The summed E-state index contributed by atoms with van der Waals surface area (Å²) in [5, 5.41) is 40.0. The number of hydrogen-bond donors (Lipinski definition) is 4. The number of ether oxygens (including phenoxy) is 4. The lowest BCUT2D eigenvalue weighted by Crippen LogP contribution is -2.59. The number of aliphatic hydroxyl groups excluding tert-OH is 4. The Morgan fingerprint density at radius 1 is 0.759 bits per heavy atom. The first kappa shape index (κ1) is 47.2. The van der Waals surface area contributed by atoms with Crippen LogP contribution in [0.4, 0.5) is 0 Å². The molecule has 2 aliphatic rings. The summed E-state index contributed by atoms with van der Waals surface area (Å²) in [6.45, 7) is 2.99. The van der Waals surface area contributed by atoms with E-state index < -0.39 is 55.4 Å². The van der Waals surface area contributed by atoms with Crippen LogP contribution < -0.4 is 0 Å². The molecule has 0 aromatic carbocycles. The third-order valence-corrected chi connectivity index (χ3v) is 9.66. The van der Waals surface area contributed by atoms with Crippen LogP contribution in [-0.2, 0) is 33.3 Å². The minimum atomic E-state index is -1.62. The highest BCUT2D eigenvalue weighted by Crippen LogP contribution is 2.30. The Kier molecular flexibility index (Phi) is 25.7. The van der Waals surface area contributed by atoms with E-state index in [1.807, 2.05) is 6.08 Å². The van der Waals surface area contributed by atoms with Crippen LogP contribution in [0.3, 0.4) is 0 Å². The van der Waals surface area contributed by atoms with Gasteiger partial charge in [0.2, 0.25) is 0 Å². The maximum Gasteiger partial charge on any atom is 0.306 e. The van der Waals surface area contributed by atoms with Gasteiger partial charge in [0.1, 0.15) is 31.0 Å². The first-order valence-electron chi connectivity index (χ1n) is 20.3. The van der Waals surface area contributed by atoms with Crippen LogP contribution in [0.25, 0.3) is 0 Å². The van der Waals surface area contributed by atoms with Crippen molar-refractivity contribution in [2.24, 2.45) is 11.8 Å². The summed E-state index contributed by atoms with van der Waals surface area (Å²) in [6, 6.07) is 0. The number of carbonyl (C=O) groups is 3. The van der Waals surface area contributed by atoms with Gasteiger partial charge in [0, 0.05) is 18.8 Å². The first-order valence-corrected chi connectivity index (χ1v) is 20.3. The molecule has 0 spiro atoms. The Morgan fingerprint density at radius 3 is 2.11 bits per heavy atom. The van der Waals surface area contributed by atoms with Crippen molar-refractivity contribution in [1.29, 1.82) is 0 Å². The molecule has 11 heteroatoms. The van der Waals surface area contributed by atoms with Gasteiger partial charge in [-0.2, -0.15) is 0 Å². The largest absolute Gasteiger partial charge is 0.462 e. The Morgan fingerprint density at radius 2 is 1.39 bits per heavy atom. The molecule has 8 atom stereocenters. The van der Waals surface area contributed by atoms with E-state index in [0.29, 0.717) is 12.8 Å². The Labute approximate surface area is 323 Å². The molecule has 1 aliphatic carbocycles. The van der Waals surface area contributed by atoms with Gasteiger partial charge in [-0.3, -0.25) is 14.4 Å². The lowest BCUT2D eigenvalue weighted by Gasteiger charge is -2.39. The minimum absolute atomic E-state index is 0.0152. The van der Waals surface area contributed by atoms with Crippen molar-refractivity contribution in [3.05, 3.63) is 60.8 Å². The fourth-order valence-electron chi connectivity index (χ4n) is 6.43. The average Bonchev–Trinajstić information content (AvgIpc) is 3.51. The predicted molar refractivity (Wildman–Crippen MR) is 208 cm³/mol. The number of aliphatic hydroxyl groups is 4. The summed E-state index contributed by atoms with van der Waals surface area (Å²) in [6.07, 6.45) is 26.5. The lowest BCUT2D eigenvalue weighted by molar-refractivity contribution is -0.305. The summed E-state index contributed by atoms with van der Waals surface area (Å²) in [5.41, 5.74) is 0. The van der Waals surface area contributed by atoms with Crippen LogP contribution in [0, 0.1) is 11.8 Å². The highest BCUT2D eigenvalue weighted by molar-refractivity contribution is 5.94. The van der Waals surface area contributed by atoms with Crippen LogP contribution in [0.1, 0.15) is 123 Å². The van der Waals surface area contributed by atoms with Gasteiger partial charge < -0.3 is 39.4 Å². The number of esters is 2. The van der Waals surface area contributed by atoms with E-state index in [1.54, 1.807) is 6.08 Å². The molecule has 0 unspecified atom stereocenters. The number of rotatable bonds is 29. The zero-order valence-corrected chi connectivity index (χ0v) is 32.7. The van der Waals surface area contributed by atoms with Gasteiger partial charge in [-0.1, -0.05) is 101 Å². The lowest BCUT2D eigenvalue weighted by atomic mass is 9.87. The topological polar surface area (TPSA) is 169 Å². The van der Waals surface area contributed by atoms with Crippen molar-refractivity contribution in [2.45, 2.75) is 160 Å². The quantitative estimate of drug-likeness (QED) is 0.0372. The van der Waals surface area contributed by atoms with E-state index in [2.05, 4.69) is 62.5 Å². The van der Waals surface area contributed by atoms with E-state index in [1.165, 1.54) is 0 Å². The normalized spacial score (nSPS) is 25.1. The van der Waals surface area contributed by atoms with E-state index >= 15 is 0 Å². The smallest absolute Gasteiger partial charge is 0.306 e. The van der Waals surface area contributed by atoms with Crippen LogP contribution in [0.2, 0.25) is 0 Å². The third-order valence-electron chi connectivity index (χ3n) is 9.66. The Hall–Kier alpha value is -2.93. The van der Waals surface area contributed by atoms with Gasteiger partial charge in [-0.05, 0) is 76.2 Å². The predicted octanol–water partition coefficient (Wildman–Crippen LogP) is 6.53. The van der Waals surface area contributed by atoms with Crippen molar-refractivity contribution in [3.8, 4) is 0 Å². The standard InChI is InChI=1S/C43H68O11/c1-3-5-7-8-9-10-11-12-13-14-15-16-17-18-22-26-38(46)51-31-34(32-52-43-42(50)41(49)40(48)37(30-44)54-43)53-39(47)27-23-19-21-24-33-28-29-36(45)35(33)25-20-6-4-2/h5-7,9-10,12-13,20,28-29,33-35,37,40-44,48-50H,3-4,8,11,14-19,21-27,30-32H2,1-2H3/b7-5-,10-9-,13-12-,20-6-/t33-,34+,35-,37+,40-,41-,42+,43+/m0/s1. The van der Waals surface area contributed by atoms with Gasteiger partial charge in [0.15, 0.2) is 18.2 Å². The second-order valence-corrected chi connectivity index (χ2v) is 14.2. The second kappa shape index (κ2) is 29.4. The number of ketones is 1. The molecule has 11 nitrogen and oxygen atoms in total. The summed E-state index contributed by atoms with van der Waals surface area (Å²) in [5.74, 6) is -0.565. The Bertz CT molecular complexity index is 1190. The summed E-state index contributed by atoms with van der Waals surface area (Å²) >= 11 is 0. The molecule has 2 rings (SSSR count). The average molecular weight is 761 g/mol. The van der Waals surface area contributed by atoms with Gasteiger partial charge in [-0.25, -0.2) is 0 Å². The molecule has 0 aromatic rings. The molecule has 0 saturated carbocycles. The van der Waals surface area contributed by atoms with Gasteiger partial charge in [-0.15, -0.1) is 0 Å².